The average Bonchev–Trinajstić information content (AvgIpc) is 3.18. The molecule has 1 fully saturated rings. The fourth-order valence-corrected chi connectivity index (χ4v) is 4.45. The van der Waals surface area contributed by atoms with E-state index in [-0.39, 0.29) is 17.9 Å². The van der Waals surface area contributed by atoms with Crippen LogP contribution in [0.4, 0.5) is 11.4 Å². The Morgan fingerprint density at radius 1 is 1.00 bits per heavy atom. The van der Waals surface area contributed by atoms with E-state index in [2.05, 4.69) is 0 Å². The third-order valence-corrected chi connectivity index (χ3v) is 5.97. The van der Waals surface area contributed by atoms with Crippen molar-refractivity contribution < 1.29 is 24.4 Å². The van der Waals surface area contributed by atoms with Crippen molar-refractivity contribution in [2.24, 2.45) is 0 Å². The van der Waals surface area contributed by atoms with Gasteiger partial charge in [0.1, 0.15) is 6.04 Å². The maximum atomic E-state index is 13.8. The molecule has 1 aliphatic rings. The number of hydrogen-bond donors (Lipinski definition) is 1. The van der Waals surface area contributed by atoms with Gasteiger partial charge in [-0.05, 0) is 17.7 Å². The number of ketones is 1. The number of nitro groups is 1. The smallest absolute Gasteiger partial charge is 0.359 e. The minimum Gasteiger partial charge on any atom is -0.465 e. The molecule has 0 saturated carbocycles. The summed E-state index contributed by atoms with van der Waals surface area (Å²) in [7, 11) is 1.16. The largest absolute Gasteiger partial charge is 0.465 e. The highest BCUT2D eigenvalue weighted by atomic mass is 16.6. The first-order chi connectivity index (χ1) is 15.9. The number of carbonyl (C=O) groups is 2. The molecular formula is C25H22N2O6. The Morgan fingerprint density at radius 3 is 2.12 bits per heavy atom. The van der Waals surface area contributed by atoms with E-state index in [0.717, 1.165) is 12.7 Å². The van der Waals surface area contributed by atoms with Crippen LogP contribution in [0.2, 0.25) is 0 Å². The van der Waals surface area contributed by atoms with Crippen LogP contribution in [0.5, 0.6) is 0 Å². The van der Waals surface area contributed by atoms with Gasteiger partial charge in [-0.1, -0.05) is 60.7 Å². The lowest BCUT2D eigenvalue weighted by Gasteiger charge is -2.36. The highest BCUT2D eigenvalue weighted by Crippen LogP contribution is 2.47. The Labute approximate surface area is 190 Å². The number of esters is 1. The highest BCUT2D eigenvalue weighted by Gasteiger charge is 2.59. The number of nitro benzene ring substituents is 1. The minimum atomic E-state index is -2.15. The van der Waals surface area contributed by atoms with E-state index in [1.807, 2.05) is 30.3 Å². The monoisotopic (exact) mass is 446 g/mol. The first kappa shape index (κ1) is 22.2. The molecule has 1 aliphatic heterocycles. The maximum Gasteiger partial charge on any atom is 0.359 e. The summed E-state index contributed by atoms with van der Waals surface area (Å²) < 4.78 is 4.92. The van der Waals surface area contributed by atoms with Crippen LogP contribution >= 0.6 is 0 Å². The van der Waals surface area contributed by atoms with E-state index in [0.29, 0.717) is 11.3 Å². The Morgan fingerprint density at radius 2 is 1.58 bits per heavy atom. The summed E-state index contributed by atoms with van der Waals surface area (Å²) in [5.74, 6) is -1.74. The van der Waals surface area contributed by atoms with Crippen LogP contribution in [0.1, 0.15) is 28.3 Å². The van der Waals surface area contributed by atoms with Gasteiger partial charge in [-0.2, -0.15) is 0 Å². The van der Waals surface area contributed by atoms with Gasteiger partial charge in [0, 0.05) is 35.7 Å². The second-order valence-electron chi connectivity index (χ2n) is 7.85. The van der Waals surface area contributed by atoms with Crippen molar-refractivity contribution in [2.75, 3.05) is 12.0 Å². The molecule has 0 aromatic heterocycles. The second-order valence-corrected chi connectivity index (χ2v) is 7.85. The molecule has 1 heterocycles. The molecule has 0 radical (unpaired) electrons. The van der Waals surface area contributed by atoms with Crippen LogP contribution < -0.4 is 4.90 Å². The number of nitrogens with zero attached hydrogens (tertiary/aromatic N) is 2. The topological polar surface area (TPSA) is 110 Å². The summed E-state index contributed by atoms with van der Waals surface area (Å²) in [6.45, 7) is 0. The van der Waals surface area contributed by atoms with Crippen LogP contribution in [0, 0.1) is 10.1 Å². The third kappa shape index (κ3) is 3.96. The van der Waals surface area contributed by atoms with Crippen molar-refractivity contribution in [3.63, 3.8) is 0 Å². The number of ether oxygens (including phenoxy) is 1. The number of aliphatic hydroxyl groups is 1. The number of hydrogen-bond acceptors (Lipinski definition) is 7. The van der Waals surface area contributed by atoms with Crippen molar-refractivity contribution in [1.82, 2.24) is 0 Å². The van der Waals surface area contributed by atoms with E-state index < -0.39 is 28.6 Å². The lowest BCUT2D eigenvalue weighted by molar-refractivity contribution is -0.384. The van der Waals surface area contributed by atoms with Crippen LogP contribution in [0.15, 0.2) is 84.9 Å². The second kappa shape index (κ2) is 8.84. The molecule has 3 atom stereocenters. The molecule has 0 aliphatic carbocycles. The predicted octanol–water partition coefficient (Wildman–Crippen LogP) is 3.70. The molecule has 0 amide bonds. The summed E-state index contributed by atoms with van der Waals surface area (Å²) in [6.07, 6.45) is -0.0933. The quantitative estimate of drug-likeness (QED) is 0.266. The van der Waals surface area contributed by atoms with E-state index >= 15 is 0 Å². The molecular weight excluding hydrogens is 424 g/mol. The summed E-state index contributed by atoms with van der Waals surface area (Å²) in [4.78, 5) is 38.5. The van der Waals surface area contributed by atoms with Gasteiger partial charge < -0.3 is 14.7 Å². The lowest BCUT2D eigenvalue weighted by Crippen LogP contribution is -2.55. The third-order valence-electron chi connectivity index (χ3n) is 5.97. The number of carbonyl (C=O) groups excluding carboxylic acids is 2. The fourth-order valence-electron chi connectivity index (χ4n) is 4.45. The van der Waals surface area contributed by atoms with E-state index in [4.69, 9.17) is 4.74 Å². The van der Waals surface area contributed by atoms with Gasteiger partial charge in [-0.25, -0.2) is 4.79 Å². The first-order valence-corrected chi connectivity index (χ1v) is 10.4. The number of rotatable bonds is 6. The predicted molar refractivity (Wildman–Crippen MR) is 121 cm³/mol. The molecule has 1 saturated heterocycles. The molecule has 1 N–H and O–H groups in total. The molecule has 0 bridgehead atoms. The van der Waals surface area contributed by atoms with Crippen LogP contribution in [0.25, 0.3) is 0 Å². The molecule has 4 rings (SSSR count). The summed E-state index contributed by atoms with van der Waals surface area (Å²) in [5, 5.41) is 22.7. The normalized spacial score (nSPS) is 22.1. The zero-order valence-corrected chi connectivity index (χ0v) is 17.8. The highest BCUT2D eigenvalue weighted by molar-refractivity contribution is 6.05. The van der Waals surface area contributed by atoms with Gasteiger partial charge >= 0.3 is 5.97 Å². The van der Waals surface area contributed by atoms with Gasteiger partial charge in [-0.3, -0.25) is 14.9 Å². The van der Waals surface area contributed by atoms with Crippen LogP contribution in [-0.4, -0.2) is 40.7 Å². The Kier molecular flexibility index (Phi) is 5.93. The van der Waals surface area contributed by atoms with Crippen molar-refractivity contribution in [2.45, 2.75) is 24.1 Å². The fraction of sp³-hybridized carbons (Fsp3) is 0.200. The SMILES string of the molecule is COC(=O)[C@@]1(O)C[C@@H](c2ccccc2)[C@H](C(=O)c2ccccc2)N1c1ccc([N+](=O)[O-])cc1. The molecule has 0 unspecified atom stereocenters. The number of non-ortho nitro benzene ring substituents is 1. The van der Waals surface area contributed by atoms with Gasteiger partial charge in [-0.15, -0.1) is 0 Å². The Bertz CT molecular complexity index is 1170. The Balaban J connectivity index is 1.90. The average molecular weight is 446 g/mol. The van der Waals surface area contributed by atoms with Crippen LogP contribution in [0.3, 0.4) is 0 Å². The van der Waals surface area contributed by atoms with Gasteiger partial charge in [0.25, 0.3) is 5.69 Å². The summed E-state index contributed by atoms with van der Waals surface area (Å²) in [6, 6.07) is 22.2. The first-order valence-electron chi connectivity index (χ1n) is 10.4. The standard InChI is InChI=1S/C25H22N2O6/c1-33-24(29)25(30)16-21(17-8-4-2-5-9-17)22(23(28)18-10-6-3-7-11-18)26(25)19-12-14-20(15-13-19)27(31)32/h2-15,21-22,30H,16H2,1H3/t21-,22+,25-/m0/s1. The number of methoxy groups -OCH3 is 1. The van der Waals surface area contributed by atoms with Gasteiger partial charge in [0.05, 0.1) is 12.0 Å². The summed E-state index contributed by atoms with van der Waals surface area (Å²) in [5.41, 5.74) is -0.810. The zero-order chi connectivity index (χ0) is 23.6. The van der Waals surface area contributed by atoms with Gasteiger partial charge in [0.2, 0.25) is 5.72 Å². The van der Waals surface area contributed by atoms with E-state index in [9.17, 15) is 24.8 Å². The van der Waals surface area contributed by atoms with E-state index in [1.54, 1.807) is 30.3 Å². The van der Waals surface area contributed by atoms with Crippen molar-refractivity contribution >= 4 is 23.1 Å². The van der Waals surface area contributed by atoms with Crippen molar-refractivity contribution in [3.05, 3.63) is 106 Å². The molecule has 3 aromatic rings. The number of Topliss-reactive ketones (excluding diaryl/α,β-unsaturated/α-hetero) is 1. The van der Waals surface area contributed by atoms with Crippen molar-refractivity contribution in [3.8, 4) is 0 Å². The molecule has 33 heavy (non-hydrogen) atoms. The zero-order valence-electron chi connectivity index (χ0n) is 17.8. The molecule has 168 valence electrons. The molecule has 0 spiro atoms. The molecule has 8 heteroatoms. The molecule has 3 aromatic carbocycles. The van der Waals surface area contributed by atoms with Crippen LogP contribution in [-0.2, 0) is 9.53 Å². The van der Waals surface area contributed by atoms with Crippen molar-refractivity contribution in [1.29, 1.82) is 0 Å². The summed E-state index contributed by atoms with van der Waals surface area (Å²) >= 11 is 0. The molecule has 8 nitrogen and oxygen atoms in total. The van der Waals surface area contributed by atoms with E-state index in [1.165, 1.54) is 29.2 Å². The number of anilines is 1. The Hall–Kier alpha value is -4.04. The number of benzene rings is 3. The minimum absolute atomic E-state index is 0.0933. The lowest BCUT2D eigenvalue weighted by atomic mass is 9.86. The maximum absolute atomic E-state index is 13.8. The van der Waals surface area contributed by atoms with Gasteiger partial charge in [0.15, 0.2) is 5.78 Å².